The molecule has 0 aliphatic carbocycles. The minimum absolute atomic E-state index is 0.126. The van der Waals surface area contributed by atoms with Gasteiger partial charge in [0.2, 0.25) is 0 Å². The first-order valence-corrected chi connectivity index (χ1v) is 9.97. The van der Waals surface area contributed by atoms with E-state index in [2.05, 4.69) is 21.2 Å². The van der Waals surface area contributed by atoms with Gasteiger partial charge in [0, 0.05) is 6.54 Å². The lowest BCUT2D eigenvalue weighted by atomic mass is 10.2. The number of hydrogen-bond donors (Lipinski definition) is 1. The standard InChI is InChI=1S/C20H17BrN2O3S/c1-25-14-6-4-13(5-7-14)12-23-16-10-19(21)27-18(16)9-17(23)20(24)22-11-15-3-2-8-26-15/h2-10H,11-12H2,1H3,(H,22,24). The van der Waals surface area contributed by atoms with Gasteiger partial charge in [-0.15, -0.1) is 11.3 Å². The van der Waals surface area contributed by atoms with Crippen LogP contribution in [0.15, 0.2) is 63.0 Å². The van der Waals surface area contributed by atoms with Crippen molar-refractivity contribution in [3.8, 4) is 5.75 Å². The van der Waals surface area contributed by atoms with Crippen LogP contribution in [0.3, 0.4) is 0 Å². The smallest absolute Gasteiger partial charge is 0.268 e. The summed E-state index contributed by atoms with van der Waals surface area (Å²) < 4.78 is 14.7. The maximum absolute atomic E-state index is 12.8. The van der Waals surface area contributed by atoms with E-state index in [4.69, 9.17) is 9.15 Å². The summed E-state index contributed by atoms with van der Waals surface area (Å²) in [5.41, 5.74) is 2.76. The largest absolute Gasteiger partial charge is 0.497 e. The van der Waals surface area contributed by atoms with Gasteiger partial charge in [-0.2, -0.15) is 0 Å². The van der Waals surface area contributed by atoms with Crippen molar-refractivity contribution in [1.29, 1.82) is 0 Å². The predicted molar refractivity (Wildman–Crippen MR) is 109 cm³/mol. The van der Waals surface area contributed by atoms with E-state index in [-0.39, 0.29) is 5.91 Å². The molecule has 4 aromatic rings. The maximum Gasteiger partial charge on any atom is 0.268 e. The fraction of sp³-hybridized carbons (Fsp3) is 0.150. The molecule has 0 unspecified atom stereocenters. The molecule has 138 valence electrons. The van der Waals surface area contributed by atoms with Crippen molar-refractivity contribution < 1.29 is 13.9 Å². The van der Waals surface area contributed by atoms with E-state index in [1.54, 1.807) is 30.8 Å². The summed E-state index contributed by atoms with van der Waals surface area (Å²) in [6.45, 7) is 0.955. The predicted octanol–water partition coefficient (Wildman–Crippen LogP) is 5.05. The fourth-order valence-corrected chi connectivity index (χ4v) is 4.52. The number of nitrogens with one attached hydrogen (secondary N) is 1. The zero-order valence-corrected chi connectivity index (χ0v) is 17.0. The number of nitrogens with zero attached hydrogens (tertiary/aromatic N) is 1. The lowest BCUT2D eigenvalue weighted by Gasteiger charge is -2.11. The number of furan rings is 1. The number of halogens is 1. The summed E-state index contributed by atoms with van der Waals surface area (Å²) in [5, 5.41) is 2.93. The molecule has 0 bridgehead atoms. The van der Waals surface area contributed by atoms with Crippen molar-refractivity contribution in [3.05, 3.63) is 75.6 Å². The van der Waals surface area contributed by atoms with Crippen LogP contribution in [0.4, 0.5) is 0 Å². The van der Waals surface area contributed by atoms with Crippen LogP contribution in [0.2, 0.25) is 0 Å². The van der Waals surface area contributed by atoms with Crippen LogP contribution in [0.1, 0.15) is 21.8 Å². The van der Waals surface area contributed by atoms with Crippen molar-refractivity contribution >= 4 is 43.4 Å². The Morgan fingerprint density at radius 1 is 1.26 bits per heavy atom. The minimum Gasteiger partial charge on any atom is -0.497 e. The number of hydrogen-bond acceptors (Lipinski definition) is 4. The van der Waals surface area contributed by atoms with E-state index >= 15 is 0 Å². The first-order valence-electron chi connectivity index (χ1n) is 8.36. The van der Waals surface area contributed by atoms with Gasteiger partial charge in [0.25, 0.3) is 5.91 Å². The molecule has 3 heterocycles. The second-order valence-corrected chi connectivity index (χ2v) is 8.49. The molecule has 1 aromatic carbocycles. The van der Waals surface area contributed by atoms with Crippen LogP contribution in [0.25, 0.3) is 10.2 Å². The number of carbonyl (C=O) groups excluding carboxylic acids is 1. The van der Waals surface area contributed by atoms with Gasteiger partial charge in [-0.1, -0.05) is 12.1 Å². The summed E-state index contributed by atoms with van der Waals surface area (Å²) in [5.74, 6) is 1.41. The molecule has 0 aliphatic heterocycles. The van der Waals surface area contributed by atoms with Gasteiger partial charge in [-0.3, -0.25) is 4.79 Å². The molecule has 4 rings (SSSR count). The van der Waals surface area contributed by atoms with Crippen molar-refractivity contribution in [2.75, 3.05) is 7.11 Å². The molecule has 3 aromatic heterocycles. The zero-order valence-electron chi connectivity index (χ0n) is 14.6. The van der Waals surface area contributed by atoms with Crippen molar-refractivity contribution in [2.45, 2.75) is 13.1 Å². The van der Waals surface area contributed by atoms with Crippen molar-refractivity contribution in [2.24, 2.45) is 0 Å². The summed E-state index contributed by atoms with van der Waals surface area (Å²) in [4.78, 5) is 12.8. The van der Waals surface area contributed by atoms with Gasteiger partial charge in [0.05, 0.1) is 33.9 Å². The SMILES string of the molecule is COc1ccc(Cn2c(C(=O)NCc3ccco3)cc3sc(Br)cc32)cc1. The Hall–Kier alpha value is -2.51. The van der Waals surface area contributed by atoms with E-state index in [1.165, 1.54) is 0 Å². The number of benzene rings is 1. The highest BCUT2D eigenvalue weighted by molar-refractivity contribution is 9.11. The molecule has 1 N–H and O–H groups in total. The Morgan fingerprint density at radius 2 is 2.07 bits per heavy atom. The van der Waals surface area contributed by atoms with E-state index in [0.717, 1.165) is 31.1 Å². The third kappa shape index (κ3) is 3.79. The Bertz CT molecular complexity index is 1060. The van der Waals surface area contributed by atoms with Gasteiger partial charge in [0.15, 0.2) is 0 Å². The van der Waals surface area contributed by atoms with Crippen LogP contribution in [0, 0.1) is 0 Å². The van der Waals surface area contributed by atoms with Gasteiger partial charge < -0.3 is 19.0 Å². The molecule has 0 fully saturated rings. The normalized spacial score (nSPS) is 11.0. The average Bonchev–Trinajstić information content (AvgIpc) is 3.38. The molecule has 0 aliphatic rings. The highest BCUT2D eigenvalue weighted by atomic mass is 79.9. The third-order valence-electron chi connectivity index (χ3n) is 4.30. The number of aromatic nitrogens is 1. The number of ether oxygens (including phenoxy) is 1. The first-order chi connectivity index (χ1) is 13.1. The quantitative estimate of drug-likeness (QED) is 0.452. The highest BCUT2D eigenvalue weighted by Crippen LogP contribution is 2.33. The van der Waals surface area contributed by atoms with Crippen molar-refractivity contribution in [3.63, 3.8) is 0 Å². The summed E-state index contributed by atoms with van der Waals surface area (Å²) in [6.07, 6.45) is 1.60. The number of methoxy groups -OCH3 is 1. The maximum atomic E-state index is 12.8. The van der Waals surface area contributed by atoms with Crippen LogP contribution >= 0.6 is 27.3 Å². The molecule has 1 amide bonds. The Kier molecular flexibility index (Phi) is 5.05. The molecule has 0 saturated heterocycles. The van der Waals surface area contributed by atoms with Gasteiger partial charge in [-0.05, 0) is 57.9 Å². The molecule has 0 radical (unpaired) electrons. The number of rotatable bonds is 6. The molecule has 0 spiro atoms. The number of fused-ring (bicyclic) bond motifs is 1. The van der Waals surface area contributed by atoms with E-state index in [1.807, 2.05) is 47.0 Å². The molecular weight excluding hydrogens is 428 g/mol. The van der Waals surface area contributed by atoms with Gasteiger partial charge >= 0.3 is 0 Å². The molecule has 7 heteroatoms. The van der Waals surface area contributed by atoms with Crippen LogP contribution in [-0.4, -0.2) is 17.6 Å². The second kappa shape index (κ2) is 7.62. The molecule has 0 saturated carbocycles. The lowest BCUT2D eigenvalue weighted by Crippen LogP contribution is -2.25. The molecule has 5 nitrogen and oxygen atoms in total. The topological polar surface area (TPSA) is 56.4 Å². The molecule has 27 heavy (non-hydrogen) atoms. The molecule has 0 atom stereocenters. The number of amides is 1. The summed E-state index contributed by atoms with van der Waals surface area (Å²) in [7, 11) is 1.65. The Labute approximate surface area is 168 Å². The van der Waals surface area contributed by atoms with Crippen LogP contribution < -0.4 is 10.1 Å². The number of thiophene rings is 1. The zero-order chi connectivity index (χ0) is 18.8. The lowest BCUT2D eigenvalue weighted by molar-refractivity contribution is 0.0939. The average molecular weight is 445 g/mol. The van der Waals surface area contributed by atoms with Crippen LogP contribution in [-0.2, 0) is 13.1 Å². The summed E-state index contributed by atoms with van der Waals surface area (Å²) >= 11 is 5.15. The Morgan fingerprint density at radius 3 is 2.78 bits per heavy atom. The summed E-state index contributed by atoms with van der Waals surface area (Å²) in [6, 6.07) is 15.5. The van der Waals surface area contributed by atoms with Gasteiger partial charge in [-0.25, -0.2) is 0 Å². The highest BCUT2D eigenvalue weighted by Gasteiger charge is 2.18. The monoisotopic (exact) mass is 444 g/mol. The van der Waals surface area contributed by atoms with Gasteiger partial charge in [0.1, 0.15) is 17.2 Å². The van der Waals surface area contributed by atoms with Crippen molar-refractivity contribution in [1.82, 2.24) is 9.88 Å². The Balaban J connectivity index is 1.64. The van der Waals surface area contributed by atoms with E-state index in [9.17, 15) is 4.79 Å². The number of carbonyl (C=O) groups is 1. The fourth-order valence-electron chi connectivity index (χ4n) is 2.95. The molecular formula is C20H17BrN2O3S. The minimum atomic E-state index is -0.126. The van der Waals surface area contributed by atoms with E-state index in [0.29, 0.717) is 18.8 Å². The first kappa shape index (κ1) is 17.9. The van der Waals surface area contributed by atoms with E-state index < -0.39 is 0 Å². The van der Waals surface area contributed by atoms with Crippen LogP contribution in [0.5, 0.6) is 5.75 Å². The third-order valence-corrected chi connectivity index (χ3v) is 5.87. The second-order valence-electron chi connectivity index (χ2n) is 6.03.